The fraction of sp³-hybridized carbons (Fsp3) is 0.143. The van der Waals surface area contributed by atoms with Crippen molar-refractivity contribution in [2.24, 2.45) is 5.73 Å². The van der Waals surface area contributed by atoms with Gasteiger partial charge in [0, 0.05) is 11.9 Å². The molecule has 0 fully saturated rings. The normalized spacial score (nSPS) is 10.8. The zero-order chi connectivity index (χ0) is 14.1. The third-order valence-electron chi connectivity index (χ3n) is 2.94. The smallest absolute Gasteiger partial charge is 0.235 e. The molecule has 0 amide bonds. The third-order valence-corrected chi connectivity index (χ3v) is 3.09. The lowest BCUT2D eigenvalue weighted by Crippen LogP contribution is -2.16. The molecule has 2 heterocycles. The van der Waals surface area contributed by atoms with Crippen LogP contribution in [0.15, 0.2) is 36.5 Å². The molecule has 2 aromatic heterocycles. The number of nitrogens with zero attached hydrogens (tertiary/aromatic N) is 4. The van der Waals surface area contributed by atoms with Crippen molar-refractivity contribution in [2.75, 3.05) is 0 Å². The van der Waals surface area contributed by atoms with Crippen LogP contribution in [0.3, 0.4) is 0 Å². The molecule has 0 bridgehead atoms. The van der Waals surface area contributed by atoms with Crippen LogP contribution in [0.1, 0.15) is 11.5 Å². The molecule has 0 aliphatic heterocycles. The Hall–Kier alpha value is -2.34. The molecule has 0 radical (unpaired) electrons. The van der Waals surface area contributed by atoms with E-state index in [4.69, 9.17) is 18.0 Å². The average Bonchev–Trinajstić information content (AvgIpc) is 2.75. The van der Waals surface area contributed by atoms with Crippen molar-refractivity contribution in [3.63, 3.8) is 0 Å². The number of aryl methyl sites for hydroxylation is 1. The molecule has 2 N–H and O–H groups in total. The number of thiocarbonyl (C=S) groups is 1. The molecule has 100 valence electrons. The highest BCUT2D eigenvalue weighted by Crippen LogP contribution is 2.19. The minimum atomic E-state index is 0.397. The first kappa shape index (κ1) is 12.7. The number of hydrogen-bond donors (Lipinski definition) is 1. The van der Waals surface area contributed by atoms with Gasteiger partial charge in [-0.05, 0) is 25.1 Å². The summed E-state index contributed by atoms with van der Waals surface area (Å²) < 4.78 is 1.90. The molecule has 3 aromatic rings. The van der Waals surface area contributed by atoms with Crippen molar-refractivity contribution >= 4 is 28.2 Å². The summed E-state index contributed by atoms with van der Waals surface area (Å²) in [5.74, 6) is 1.34. The van der Waals surface area contributed by atoms with Crippen LogP contribution in [0, 0.1) is 6.92 Å². The molecule has 0 aliphatic rings. The molecule has 0 aliphatic carbocycles. The molecule has 6 heteroatoms. The van der Waals surface area contributed by atoms with Gasteiger partial charge in [0.05, 0.1) is 22.4 Å². The van der Waals surface area contributed by atoms with Gasteiger partial charge in [-0.3, -0.25) is 4.57 Å². The maximum atomic E-state index is 5.66. The Kier molecular flexibility index (Phi) is 3.15. The predicted molar refractivity (Wildman–Crippen MR) is 81.9 cm³/mol. The third kappa shape index (κ3) is 2.25. The molecular weight excluding hydrogens is 270 g/mol. The highest BCUT2D eigenvalue weighted by atomic mass is 32.1. The van der Waals surface area contributed by atoms with Crippen LogP contribution < -0.4 is 5.73 Å². The number of rotatable bonds is 3. The lowest BCUT2D eigenvalue weighted by molar-refractivity contribution is 0.876. The van der Waals surface area contributed by atoms with Crippen LogP contribution in [0.2, 0.25) is 0 Å². The molecule has 1 aromatic carbocycles. The van der Waals surface area contributed by atoms with Crippen LogP contribution >= 0.6 is 12.2 Å². The number of hydrogen-bond acceptors (Lipinski definition) is 4. The lowest BCUT2D eigenvalue weighted by Gasteiger charge is -2.07. The van der Waals surface area contributed by atoms with Crippen LogP contribution in [-0.4, -0.2) is 24.5 Å². The summed E-state index contributed by atoms with van der Waals surface area (Å²) in [6.07, 6.45) is 2.15. The molecule has 5 nitrogen and oxygen atoms in total. The number of imidazole rings is 1. The van der Waals surface area contributed by atoms with Crippen molar-refractivity contribution in [1.82, 2.24) is 19.5 Å². The Morgan fingerprint density at radius 2 is 2.05 bits per heavy atom. The number of aromatic nitrogens is 4. The van der Waals surface area contributed by atoms with Crippen molar-refractivity contribution in [3.8, 4) is 5.95 Å². The van der Waals surface area contributed by atoms with Gasteiger partial charge >= 0.3 is 0 Å². The topological polar surface area (TPSA) is 69.6 Å². The molecule has 0 atom stereocenters. The van der Waals surface area contributed by atoms with Crippen molar-refractivity contribution in [1.29, 1.82) is 0 Å². The molecule has 0 spiro atoms. The van der Waals surface area contributed by atoms with E-state index in [1.807, 2.05) is 41.8 Å². The van der Waals surface area contributed by atoms with Crippen molar-refractivity contribution < 1.29 is 0 Å². The zero-order valence-electron chi connectivity index (χ0n) is 10.9. The second-order valence-corrected chi connectivity index (χ2v) is 5.02. The Balaban J connectivity index is 2.28. The summed E-state index contributed by atoms with van der Waals surface area (Å²) in [7, 11) is 0. The maximum Gasteiger partial charge on any atom is 0.235 e. The highest BCUT2D eigenvalue weighted by molar-refractivity contribution is 7.80. The van der Waals surface area contributed by atoms with E-state index in [2.05, 4.69) is 15.0 Å². The Morgan fingerprint density at radius 3 is 2.80 bits per heavy atom. The van der Waals surface area contributed by atoms with Gasteiger partial charge in [0.2, 0.25) is 5.95 Å². The summed E-state index contributed by atoms with van der Waals surface area (Å²) in [5.41, 5.74) is 8.38. The molecule has 20 heavy (non-hydrogen) atoms. The van der Waals surface area contributed by atoms with Gasteiger partial charge in [0.15, 0.2) is 0 Å². The molecule has 0 unspecified atom stereocenters. The van der Waals surface area contributed by atoms with Crippen LogP contribution in [0.25, 0.3) is 17.0 Å². The number of nitrogens with two attached hydrogens (primary N) is 1. The lowest BCUT2D eigenvalue weighted by atomic mass is 10.3. The molecule has 0 saturated carbocycles. The van der Waals surface area contributed by atoms with Gasteiger partial charge in [-0.2, -0.15) is 0 Å². The van der Waals surface area contributed by atoms with Gasteiger partial charge in [0.1, 0.15) is 5.82 Å². The van der Waals surface area contributed by atoms with Crippen molar-refractivity contribution in [3.05, 3.63) is 48.0 Å². The summed E-state index contributed by atoms with van der Waals surface area (Å²) >= 11 is 5.00. The monoisotopic (exact) mass is 283 g/mol. The summed E-state index contributed by atoms with van der Waals surface area (Å²) in [4.78, 5) is 13.8. The number of para-hydroxylation sites is 2. The van der Waals surface area contributed by atoms with E-state index in [1.54, 1.807) is 6.20 Å². The summed E-state index contributed by atoms with van der Waals surface area (Å²) in [6.45, 7) is 1.93. The molecule has 3 rings (SSSR count). The van der Waals surface area contributed by atoms with E-state index in [0.717, 1.165) is 22.6 Å². The first-order valence-electron chi connectivity index (χ1n) is 6.20. The van der Waals surface area contributed by atoms with Crippen LogP contribution in [0.5, 0.6) is 0 Å². The minimum absolute atomic E-state index is 0.397. The minimum Gasteiger partial charge on any atom is -0.393 e. The Bertz CT molecular complexity index is 793. The van der Waals surface area contributed by atoms with Gasteiger partial charge in [-0.1, -0.05) is 24.4 Å². The van der Waals surface area contributed by atoms with E-state index in [9.17, 15) is 0 Å². The fourth-order valence-corrected chi connectivity index (χ4v) is 2.25. The highest BCUT2D eigenvalue weighted by Gasteiger charge is 2.14. The van der Waals surface area contributed by atoms with Crippen LogP contribution in [0.4, 0.5) is 0 Å². The number of benzene rings is 1. The standard InChI is InChI=1S/C14H13N5S/c1-9-6-7-16-14(17-9)19-11-5-3-2-4-10(11)18-13(19)8-12(15)20/h2-7H,8H2,1H3,(H2,15,20). The predicted octanol–water partition coefficient (Wildman–Crippen LogP) is 1.95. The largest absolute Gasteiger partial charge is 0.393 e. The SMILES string of the molecule is Cc1ccnc(-n2c(CC(N)=S)nc3ccccc32)n1. The van der Waals surface area contributed by atoms with Crippen molar-refractivity contribution in [2.45, 2.75) is 13.3 Å². The summed E-state index contributed by atoms with van der Waals surface area (Å²) in [5, 5.41) is 0. The second kappa shape index (κ2) is 4.97. The average molecular weight is 283 g/mol. The molecular formula is C14H13N5S. The summed E-state index contributed by atoms with van der Waals surface area (Å²) in [6, 6.07) is 9.69. The van der Waals surface area contributed by atoms with Gasteiger partial charge in [-0.25, -0.2) is 15.0 Å². The van der Waals surface area contributed by atoms with E-state index < -0.39 is 0 Å². The maximum absolute atomic E-state index is 5.66. The van der Waals surface area contributed by atoms with Gasteiger partial charge in [0.25, 0.3) is 0 Å². The first-order chi connectivity index (χ1) is 9.65. The molecule has 0 saturated heterocycles. The van der Waals surface area contributed by atoms with Crippen LogP contribution in [-0.2, 0) is 6.42 Å². The van der Waals surface area contributed by atoms with Gasteiger partial charge in [-0.15, -0.1) is 0 Å². The van der Waals surface area contributed by atoms with E-state index in [-0.39, 0.29) is 0 Å². The van der Waals surface area contributed by atoms with E-state index >= 15 is 0 Å². The second-order valence-electron chi connectivity index (χ2n) is 4.49. The quantitative estimate of drug-likeness (QED) is 0.744. The number of fused-ring (bicyclic) bond motifs is 1. The zero-order valence-corrected chi connectivity index (χ0v) is 11.8. The Labute approximate surface area is 121 Å². The van der Waals surface area contributed by atoms with Gasteiger partial charge < -0.3 is 5.73 Å². The van der Waals surface area contributed by atoms with E-state index in [1.165, 1.54) is 0 Å². The fourth-order valence-electron chi connectivity index (χ4n) is 2.12. The Morgan fingerprint density at radius 1 is 1.25 bits per heavy atom. The van der Waals surface area contributed by atoms with E-state index in [0.29, 0.717) is 17.4 Å². The first-order valence-corrected chi connectivity index (χ1v) is 6.60.